The molecule has 6 nitrogen and oxygen atoms in total. The number of hydrogen-bond donors (Lipinski definition) is 2. The summed E-state index contributed by atoms with van der Waals surface area (Å²) in [7, 11) is -3.86. The number of carbonyl (C=O) groups excluding carboxylic acids is 1. The van der Waals surface area contributed by atoms with Crippen LogP contribution in [0, 0.1) is 5.82 Å². The minimum absolute atomic E-state index is 0.00539. The lowest BCUT2D eigenvalue weighted by molar-refractivity contribution is -0.122. The maximum Gasteiger partial charge on any atom is 0.265 e. The van der Waals surface area contributed by atoms with E-state index >= 15 is 0 Å². The Labute approximate surface area is 185 Å². The van der Waals surface area contributed by atoms with Gasteiger partial charge in [0.15, 0.2) is 6.10 Å². The van der Waals surface area contributed by atoms with Gasteiger partial charge in [-0.25, -0.2) is 12.8 Å². The van der Waals surface area contributed by atoms with E-state index in [1.165, 1.54) is 36.4 Å². The molecule has 0 bridgehead atoms. The zero-order valence-electron chi connectivity index (χ0n) is 16.5. The topological polar surface area (TPSA) is 84.5 Å². The van der Waals surface area contributed by atoms with Crippen LogP contribution >= 0.6 is 11.6 Å². The molecule has 0 fully saturated rings. The molecule has 0 aliphatic heterocycles. The molecule has 0 heterocycles. The number of hydrogen-bond acceptors (Lipinski definition) is 4. The highest BCUT2D eigenvalue weighted by Gasteiger charge is 2.20. The van der Waals surface area contributed by atoms with Gasteiger partial charge >= 0.3 is 0 Å². The number of halogens is 2. The highest BCUT2D eigenvalue weighted by Crippen LogP contribution is 2.25. The molecule has 0 spiro atoms. The van der Waals surface area contributed by atoms with Crippen molar-refractivity contribution in [2.24, 2.45) is 0 Å². The van der Waals surface area contributed by atoms with Crippen molar-refractivity contribution in [2.75, 3.05) is 10.0 Å². The van der Waals surface area contributed by atoms with Crippen LogP contribution in [-0.4, -0.2) is 20.4 Å². The Morgan fingerprint density at radius 1 is 1.00 bits per heavy atom. The number of rotatable bonds is 8. The van der Waals surface area contributed by atoms with Crippen LogP contribution in [0.3, 0.4) is 0 Å². The van der Waals surface area contributed by atoms with E-state index in [0.717, 1.165) is 12.1 Å². The zero-order valence-corrected chi connectivity index (χ0v) is 18.1. The maximum absolute atomic E-state index is 13.0. The molecular weight excluding hydrogens is 443 g/mol. The standard InChI is InChI=1S/C22H20ClFN2O4S/c1-2-20(30-21-6-4-3-5-19(21)23)22(27)25-16-11-13-18(14-12-16)31(28,29)26-17-9-7-15(24)8-10-17/h3-14,20,26H,2H2,1H3,(H,25,27)/t20-/m1/s1. The molecule has 1 amide bonds. The maximum atomic E-state index is 13.0. The molecule has 3 aromatic rings. The van der Waals surface area contributed by atoms with Crippen molar-refractivity contribution in [1.82, 2.24) is 0 Å². The summed E-state index contributed by atoms with van der Waals surface area (Å²) in [4.78, 5) is 12.6. The van der Waals surface area contributed by atoms with Crippen molar-refractivity contribution < 1.29 is 22.3 Å². The van der Waals surface area contributed by atoms with Gasteiger partial charge in [-0.3, -0.25) is 9.52 Å². The van der Waals surface area contributed by atoms with Crippen LogP contribution in [0.1, 0.15) is 13.3 Å². The Morgan fingerprint density at radius 3 is 2.23 bits per heavy atom. The van der Waals surface area contributed by atoms with Crippen LogP contribution in [0.2, 0.25) is 5.02 Å². The van der Waals surface area contributed by atoms with E-state index in [2.05, 4.69) is 10.0 Å². The van der Waals surface area contributed by atoms with E-state index in [0.29, 0.717) is 22.9 Å². The Balaban J connectivity index is 1.67. The normalized spacial score (nSPS) is 12.1. The molecule has 2 N–H and O–H groups in total. The van der Waals surface area contributed by atoms with Crippen LogP contribution in [0.4, 0.5) is 15.8 Å². The number of para-hydroxylation sites is 1. The summed E-state index contributed by atoms with van der Waals surface area (Å²) in [6.45, 7) is 1.80. The van der Waals surface area contributed by atoms with Gasteiger partial charge in [-0.15, -0.1) is 0 Å². The summed E-state index contributed by atoms with van der Waals surface area (Å²) < 4.78 is 46.0. The number of carbonyl (C=O) groups is 1. The first-order valence-corrected chi connectivity index (χ1v) is 11.2. The Kier molecular flexibility index (Phi) is 7.14. The summed E-state index contributed by atoms with van der Waals surface area (Å²) in [5.41, 5.74) is 0.647. The highest BCUT2D eigenvalue weighted by atomic mass is 35.5. The van der Waals surface area contributed by atoms with Gasteiger partial charge in [0.1, 0.15) is 11.6 Å². The fourth-order valence-corrected chi connectivity index (χ4v) is 3.93. The fourth-order valence-electron chi connectivity index (χ4n) is 2.69. The number of anilines is 2. The number of amides is 1. The van der Waals surface area contributed by atoms with Crippen molar-refractivity contribution in [2.45, 2.75) is 24.3 Å². The third kappa shape index (κ3) is 5.96. The highest BCUT2D eigenvalue weighted by molar-refractivity contribution is 7.92. The van der Waals surface area contributed by atoms with Gasteiger partial charge in [-0.1, -0.05) is 30.7 Å². The molecule has 0 unspecified atom stereocenters. The third-order valence-corrected chi connectivity index (χ3v) is 6.01. The van der Waals surface area contributed by atoms with E-state index in [9.17, 15) is 17.6 Å². The zero-order chi connectivity index (χ0) is 22.4. The molecule has 9 heteroatoms. The summed E-state index contributed by atoms with van der Waals surface area (Å²) in [6, 6.07) is 17.5. The van der Waals surface area contributed by atoms with Crippen LogP contribution in [0.25, 0.3) is 0 Å². The van der Waals surface area contributed by atoms with Gasteiger partial charge in [0.25, 0.3) is 15.9 Å². The van der Waals surface area contributed by atoms with Crippen LogP contribution < -0.4 is 14.8 Å². The van der Waals surface area contributed by atoms with Crippen LogP contribution in [-0.2, 0) is 14.8 Å². The van der Waals surface area contributed by atoms with E-state index < -0.39 is 21.9 Å². The Bertz CT molecular complexity index is 1150. The van der Waals surface area contributed by atoms with Gasteiger partial charge in [0.05, 0.1) is 9.92 Å². The molecule has 1 atom stereocenters. The number of ether oxygens (including phenoxy) is 1. The lowest BCUT2D eigenvalue weighted by Crippen LogP contribution is -2.32. The van der Waals surface area contributed by atoms with Crippen molar-refractivity contribution in [3.8, 4) is 5.75 Å². The first kappa shape index (κ1) is 22.6. The average molecular weight is 463 g/mol. The quantitative estimate of drug-likeness (QED) is 0.489. The lowest BCUT2D eigenvalue weighted by Gasteiger charge is -2.18. The smallest absolute Gasteiger partial charge is 0.265 e. The second-order valence-corrected chi connectivity index (χ2v) is 8.66. The molecule has 0 saturated heterocycles. The van der Waals surface area contributed by atoms with Crippen LogP contribution in [0.5, 0.6) is 5.75 Å². The molecule has 31 heavy (non-hydrogen) atoms. The molecular formula is C22H20ClFN2O4S. The summed E-state index contributed by atoms with van der Waals surface area (Å²) >= 11 is 6.08. The number of nitrogens with one attached hydrogen (secondary N) is 2. The molecule has 0 aliphatic rings. The Morgan fingerprint density at radius 2 is 1.61 bits per heavy atom. The first-order chi connectivity index (χ1) is 14.8. The summed E-state index contributed by atoms with van der Waals surface area (Å²) in [5.74, 6) is -0.450. The Hall–Kier alpha value is -3.10. The monoisotopic (exact) mass is 462 g/mol. The van der Waals surface area contributed by atoms with E-state index in [1.807, 2.05) is 0 Å². The average Bonchev–Trinajstić information content (AvgIpc) is 2.75. The molecule has 0 radical (unpaired) electrons. The molecule has 162 valence electrons. The van der Waals surface area contributed by atoms with E-state index in [-0.39, 0.29) is 16.5 Å². The number of sulfonamides is 1. The second-order valence-electron chi connectivity index (χ2n) is 6.57. The van der Waals surface area contributed by atoms with Gasteiger partial charge in [-0.05, 0) is 67.1 Å². The van der Waals surface area contributed by atoms with Crippen molar-refractivity contribution in [1.29, 1.82) is 0 Å². The first-order valence-electron chi connectivity index (χ1n) is 9.39. The van der Waals surface area contributed by atoms with E-state index in [1.54, 1.807) is 31.2 Å². The van der Waals surface area contributed by atoms with Crippen molar-refractivity contribution in [3.05, 3.63) is 83.6 Å². The molecule has 0 saturated carbocycles. The summed E-state index contributed by atoms with van der Waals surface area (Å²) in [5, 5.41) is 3.10. The molecule has 3 rings (SSSR count). The molecule has 0 aliphatic carbocycles. The van der Waals surface area contributed by atoms with Crippen molar-refractivity contribution >= 4 is 38.9 Å². The minimum atomic E-state index is -3.86. The lowest BCUT2D eigenvalue weighted by atomic mass is 10.2. The molecule has 0 aromatic heterocycles. The van der Waals surface area contributed by atoms with Gasteiger partial charge < -0.3 is 10.1 Å². The summed E-state index contributed by atoms with van der Waals surface area (Å²) in [6.07, 6.45) is -0.367. The largest absolute Gasteiger partial charge is 0.479 e. The van der Waals surface area contributed by atoms with Crippen LogP contribution in [0.15, 0.2) is 77.7 Å². The minimum Gasteiger partial charge on any atom is -0.479 e. The predicted molar refractivity (Wildman–Crippen MR) is 118 cm³/mol. The van der Waals surface area contributed by atoms with Gasteiger partial charge in [-0.2, -0.15) is 0 Å². The molecule has 3 aromatic carbocycles. The third-order valence-electron chi connectivity index (χ3n) is 4.30. The van der Waals surface area contributed by atoms with Gasteiger partial charge in [0.2, 0.25) is 0 Å². The van der Waals surface area contributed by atoms with Crippen molar-refractivity contribution in [3.63, 3.8) is 0 Å². The van der Waals surface area contributed by atoms with E-state index in [4.69, 9.17) is 16.3 Å². The second kappa shape index (κ2) is 9.80. The fraction of sp³-hybridized carbons (Fsp3) is 0.136. The predicted octanol–water partition coefficient (Wildman–Crippen LogP) is 5.08. The SMILES string of the molecule is CC[C@@H](Oc1ccccc1Cl)C(=O)Nc1ccc(S(=O)(=O)Nc2ccc(F)cc2)cc1. The number of benzene rings is 3. The van der Waals surface area contributed by atoms with Gasteiger partial charge in [0, 0.05) is 11.4 Å².